The molecule has 0 bridgehead atoms. The van der Waals surface area contributed by atoms with Gasteiger partial charge in [-0.25, -0.2) is 9.18 Å². The molecule has 10 heavy (non-hydrogen) atoms. The van der Waals surface area contributed by atoms with Gasteiger partial charge in [-0.05, 0) is 13.8 Å². The zero-order valence-electron chi connectivity index (χ0n) is 6.09. The minimum absolute atomic E-state index is 0.295. The number of hydrogen-bond acceptors (Lipinski definition) is 3. The molecule has 0 amide bonds. The van der Waals surface area contributed by atoms with Crippen molar-refractivity contribution >= 4 is 5.97 Å². The van der Waals surface area contributed by atoms with Crippen molar-refractivity contribution in [2.75, 3.05) is 13.2 Å². The standard InChI is InChI=1S/C6H11FO3/c1-3-9-6(8)4-10-5(2)7/h5H,3-4H2,1-2H3. The molecule has 0 aliphatic rings. The molecule has 0 spiro atoms. The summed E-state index contributed by atoms with van der Waals surface area (Å²) in [5.41, 5.74) is 0. The fourth-order valence-electron chi connectivity index (χ4n) is 0.386. The molecule has 0 saturated heterocycles. The van der Waals surface area contributed by atoms with E-state index >= 15 is 0 Å². The van der Waals surface area contributed by atoms with Crippen molar-refractivity contribution in [2.45, 2.75) is 20.2 Å². The van der Waals surface area contributed by atoms with E-state index in [4.69, 9.17) is 0 Å². The fraction of sp³-hybridized carbons (Fsp3) is 0.833. The second-order valence-electron chi connectivity index (χ2n) is 1.66. The molecular formula is C6H11FO3. The highest BCUT2D eigenvalue weighted by atomic mass is 19.1. The third kappa shape index (κ3) is 5.50. The van der Waals surface area contributed by atoms with Crippen LogP contribution in [0.5, 0.6) is 0 Å². The number of rotatable bonds is 4. The largest absolute Gasteiger partial charge is 0.464 e. The summed E-state index contributed by atoms with van der Waals surface area (Å²) >= 11 is 0. The Morgan fingerprint density at radius 1 is 1.70 bits per heavy atom. The van der Waals surface area contributed by atoms with Gasteiger partial charge in [-0.1, -0.05) is 0 Å². The highest BCUT2D eigenvalue weighted by molar-refractivity contribution is 5.70. The number of halogens is 1. The number of alkyl halides is 1. The first-order valence-corrected chi connectivity index (χ1v) is 3.08. The van der Waals surface area contributed by atoms with Crippen LogP contribution in [-0.4, -0.2) is 25.5 Å². The summed E-state index contributed by atoms with van der Waals surface area (Å²) in [4.78, 5) is 10.4. The van der Waals surface area contributed by atoms with Crippen molar-refractivity contribution < 1.29 is 18.7 Å². The molecule has 0 heterocycles. The number of esters is 1. The number of carbonyl (C=O) groups excluding carboxylic acids is 1. The Labute approximate surface area is 59.1 Å². The Bertz CT molecular complexity index is 103. The van der Waals surface area contributed by atoms with Crippen molar-refractivity contribution in [3.63, 3.8) is 0 Å². The van der Waals surface area contributed by atoms with Gasteiger partial charge in [-0.2, -0.15) is 0 Å². The number of carbonyl (C=O) groups is 1. The molecule has 0 fully saturated rings. The van der Waals surface area contributed by atoms with E-state index in [1.807, 2.05) is 0 Å². The molecule has 0 aliphatic carbocycles. The van der Waals surface area contributed by atoms with Crippen LogP contribution >= 0.6 is 0 Å². The summed E-state index contributed by atoms with van der Waals surface area (Å²) in [6, 6.07) is 0. The van der Waals surface area contributed by atoms with Gasteiger partial charge in [0.2, 0.25) is 0 Å². The van der Waals surface area contributed by atoms with E-state index in [-0.39, 0.29) is 6.61 Å². The third-order valence-corrected chi connectivity index (χ3v) is 0.736. The Kier molecular flexibility index (Phi) is 4.84. The van der Waals surface area contributed by atoms with E-state index in [2.05, 4.69) is 9.47 Å². The first-order chi connectivity index (χ1) is 4.66. The lowest BCUT2D eigenvalue weighted by atomic mass is 10.7. The molecule has 1 atom stereocenters. The maximum atomic E-state index is 11.9. The summed E-state index contributed by atoms with van der Waals surface area (Å²) in [6.45, 7) is 2.87. The minimum atomic E-state index is -1.41. The van der Waals surface area contributed by atoms with Crippen LogP contribution < -0.4 is 0 Å². The Balaban J connectivity index is 3.22. The van der Waals surface area contributed by atoms with Gasteiger partial charge in [0.25, 0.3) is 0 Å². The van der Waals surface area contributed by atoms with Crippen molar-refractivity contribution in [1.82, 2.24) is 0 Å². The van der Waals surface area contributed by atoms with E-state index in [1.165, 1.54) is 6.92 Å². The molecule has 0 rings (SSSR count). The first-order valence-electron chi connectivity index (χ1n) is 3.08. The van der Waals surface area contributed by atoms with Crippen molar-refractivity contribution in [3.8, 4) is 0 Å². The third-order valence-electron chi connectivity index (χ3n) is 0.736. The van der Waals surface area contributed by atoms with Crippen molar-refractivity contribution in [2.24, 2.45) is 0 Å². The van der Waals surface area contributed by atoms with E-state index < -0.39 is 12.3 Å². The van der Waals surface area contributed by atoms with Crippen molar-refractivity contribution in [3.05, 3.63) is 0 Å². The molecule has 3 nitrogen and oxygen atoms in total. The summed E-state index contributed by atoms with van der Waals surface area (Å²) < 4.78 is 20.6. The average Bonchev–Trinajstić information content (AvgIpc) is 1.85. The second kappa shape index (κ2) is 5.17. The van der Waals surface area contributed by atoms with Gasteiger partial charge in [0, 0.05) is 0 Å². The number of ether oxygens (including phenoxy) is 2. The van der Waals surface area contributed by atoms with Crippen LogP contribution in [0, 0.1) is 0 Å². The predicted octanol–water partition coefficient (Wildman–Crippen LogP) is 0.882. The van der Waals surface area contributed by atoms with Gasteiger partial charge in [0.05, 0.1) is 6.61 Å². The summed E-state index contributed by atoms with van der Waals surface area (Å²) in [5.74, 6) is -0.535. The Morgan fingerprint density at radius 3 is 2.70 bits per heavy atom. The topological polar surface area (TPSA) is 35.5 Å². The molecule has 4 heteroatoms. The Morgan fingerprint density at radius 2 is 2.30 bits per heavy atom. The number of hydrogen-bond donors (Lipinski definition) is 0. The quantitative estimate of drug-likeness (QED) is 0.558. The van der Waals surface area contributed by atoms with E-state index in [0.29, 0.717) is 6.61 Å². The van der Waals surface area contributed by atoms with E-state index in [0.717, 1.165) is 0 Å². The van der Waals surface area contributed by atoms with Crippen LogP contribution in [0.15, 0.2) is 0 Å². The smallest absolute Gasteiger partial charge is 0.332 e. The van der Waals surface area contributed by atoms with Gasteiger partial charge in [0.15, 0.2) is 6.36 Å². The zero-order valence-corrected chi connectivity index (χ0v) is 6.09. The molecule has 0 radical (unpaired) electrons. The monoisotopic (exact) mass is 150 g/mol. The zero-order chi connectivity index (χ0) is 7.98. The van der Waals surface area contributed by atoms with Crippen LogP contribution in [0.4, 0.5) is 4.39 Å². The van der Waals surface area contributed by atoms with Gasteiger partial charge >= 0.3 is 5.97 Å². The first kappa shape index (κ1) is 9.36. The minimum Gasteiger partial charge on any atom is -0.464 e. The fourth-order valence-corrected chi connectivity index (χ4v) is 0.386. The maximum Gasteiger partial charge on any atom is 0.332 e. The Hall–Kier alpha value is -0.640. The second-order valence-corrected chi connectivity index (χ2v) is 1.66. The lowest BCUT2D eigenvalue weighted by Crippen LogP contribution is -2.15. The molecule has 0 aromatic heterocycles. The molecule has 0 aliphatic heterocycles. The van der Waals surface area contributed by atoms with Gasteiger partial charge in [-0.15, -0.1) is 0 Å². The SMILES string of the molecule is CCOC(=O)COC(C)F. The lowest BCUT2D eigenvalue weighted by Gasteiger charge is -2.03. The van der Waals surface area contributed by atoms with Crippen LogP contribution in [0.1, 0.15) is 13.8 Å². The van der Waals surface area contributed by atoms with Gasteiger partial charge in [-0.3, -0.25) is 0 Å². The van der Waals surface area contributed by atoms with E-state index in [1.54, 1.807) is 6.92 Å². The molecule has 0 saturated carbocycles. The molecular weight excluding hydrogens is 139 g/mol. The molecule has 1 unspecified atom stereocenters. The predicted molar refractivity (Wildman–Crippen MR) is 33.2 cm³/mol. The van der Waals surface area contributed by atoms with Crippen LogP contribution in [0.3, 0.4) is 0 Å². The summed E-state index contributed by atoms with van der Waals surface area (Å²) in [6.07, 6.45) is -1.41. The molecule has 0 N–H and O–H groups in total. The van der Waals surface area contributed by atoms with Crippen LogP contribution in [0.2, 0.25) is 0 Å². The summed E-state index contributed by atoms with van der Waals surface area (Å²) in [5, 5.41) is 0. The van der Waals surface area contributed by atoms with Crippen LogP contribution in [0.25, 0.3) is 0 Å². The average molecular weight is 150 g/mol. The van der Waals surface area contributed by atoms with Gasteiger partial charge < -0.3 is 9.47 Å². The highest BCUT2D eigenvalue weighted by Gasteiger charge is 2.03. The molecule has 0 aromatic rings. The van der Waals surface area contributed by atoms with Crippen LogP contribution in [-0.2, 0) is 14.3 Å². The highest BCUT2D eigenvalue weighted by Crippen LogP contribution is 1.90. The molecule has 60 valence electrons. The molecule has 0 aromatic carbocycles. The van der Waals surface area contributed by atoms with E-state index in [9.17, 15) is 9.18 Å². The van der Waals surface area contributed by atoms with Gasteiger partial charge in [0.1, 0.15) is 6.61 Å². The van der Waals surface area contributed by atoms with Crippen molar-refractivity contribution in [1.29, 1.82) is 0 Å². The maximum absolute atomic E-state index is 11.9. The lowest BCUT2D eigenvalue weighted by molar-refractivity contribution is -0.153. The summed E-state index contributed by atoms with van der Waals surface area (Å²) in [7, 11) is 0. The normalized spacial score (nSPS) is 12.7.